The number of methoxy groups -OCH3 is 1. The van der Waals surface area contributed by atoms with E-state index in [4.69, 9.17) is 9.47 Å². The number of likely N-dealkylation sites (tertiary alicyclic amines) is 1. The van der Waals surface area contributed by atoms with Crippen LogP contribution in [0.15, 0.2) is 29.2 Å². The number of aromatic nitrogens is 1. The van der Waals surface area contributed by atoms with E-state index < -0.39 is 27.8 Å². The summed E-state index contributed by atoms with van der Waals surface area (Å²) in [6, 6.07) is 6.05. The highest BCUT2D eigenvalue weighted by molar-refractivity contribution is 7.93. The molecule has 1 saturated heterocycles. The Hall–Kier alpha value is -2.86. The first-order chi connectivity index (χ1) is 18.4. The first kappa shape index (κ1) is 30.7. The molecule has 0 bridgehead atoms. The number of ether oxygens (including phenoxy) is 2. The van der Waals surface area contributed by atoms with E-state index >= 15 is 0 Å². The highest BCUT2D eigenvalue weighted by Gasteiger charge is 2.39. The number of amides is 2. The van der Waals surface area contributed by atoms with E-state index in [0.717, 1.165) is 30.6 Å². The van der Waals surface area contributed by atoms with Gasteiger partial charge in [0.1, 0.15) is 21.2 Å². The number of hydrogen-bond acceptors (Lipinski definition) is 8. The Kier molecular flexibility index (Phi) is 10.2. The molecule has 216 valence electrons. The van der Waals surface area contributed by atoms with E-state index in [9.17, 15) is 18.0 Å². The van der Waals surface area contributed by atoms with E-state index in [0.29, 0.717) is 48.2 Å². The normalized spacial score (nSPS) is 14.7. The molecule has 0 spiro atoms. The maximum Gasteiger partial charge on any atom is 0.410 e. The van der Waals surface area contributed by atoms with Crippen molar-refractivity contribution in [2.45, 2.75) is 89.7 Å². The third kappa shape index (κ3) is 7.84. The number of unbranched alkanes of at least 4 members (excludes halogenated alkanes) is 2. The molecule has 1 aromatic heterocycles. The predicted molar refractivity (Wildman–Crippen MR) is 153 cm³/mol. The maximum absolute atomic E-state index is 14.2. The van der Waals surface area contributed by atoms with Gasteiger partial charge in [0.25, 0.3) is 10.0 Å². The lowest BCUT2D eigenvalue weighted by molar-refractivity contribution is -0.116. The summed E-state index contributed by atoms with van der Waals surface area (Å²) in [5, 5.41) is 3.62. The van der Waals surface area contributed by atoms with Crippen LogP contribution in [0.3, 0.4) is 0 Å². The van der Waals surface area contributed by atoms with Crippen molar-refractivity contribution in [1.82, 2.24) is 9.88 Å². The number of nitrogens with one attached hydrogen (secondary N) is 1. The van der Waals surface area contributed by atoms with E-state index in [2.05, 4.69) is 17.2 Å². The van der Waals surface area contributed by atoms with Gasteiger partial charge in [-0.1, -0.05) is 43.2 Å². The number of carbonyl (C=O) groups is 2. The number of rotatable bonds is 10. The minimum atomic E-state index is -4.09. The van der Waals surface area contributed by atoms with E-state index in [1.807, 2.05) is 20.8 Å². The van der Waals surface area contributed by atoms with Gasteiger partial charge in [0.2, 0.25) is 5.91 Å². The highest BCUT2D eigenvalue weighted by atomic mass is 32.2. The Balaban J connectivity index is 1.93. The zero-order chi connectivity index (χ0) is 28.8. The lowest BCUT2D eigenvalue weighted by atomic mass is 10.1. The molecule has 1 aliphatic rings. The molecule has 1 aromatic carbocycles. The Labute approximate surface area is 235 Å². The van der Waals surface area contributed by atoms with Crippen molar-refractivity contribution in [3.63, 3.8) is 0 Å². The van der Waals surface area contributed by atoms with Gasteiger partial charge in [0, 0.05) is 25.6 Å². The largest absolute Gasteiger partial charge is 0.495 e. The molecular formula is C27H40N4O6S2. The molecule has 2 aromatic rings. The summed E-state index contributed by atoms with van der Waals surface area (Å²) in [5.41, 5.74) is -0.124. The van der Waals surface area contributed by atoms with Gasteiger partial charge in [-0.15, -0.1) is 0 Å². The smallest absolute Gasteiger partial charge is 0.410 e. The predicted octanol–water partition coefficient (Wildman–Crippen LogP) is 5.57. The monoisotopic (exact) mass is 580 g/mol. The molecule has 39 heavy (non-hydrogen) atoms. The van der Waals surface area contributed by atoms with Gasteiger partial charge in [-0.2, -0.15) is 0 Å². The number of hydrogen-bond donors (Lipinski definition) is 1. The standard InChI is InChI=1S/C27H40N4O6S2/c1-7-8-9-14-23(32)29-25-28-19(2)24(38-25)31(39(34,35)22-13-11-10-12-21(22)36-6)20-15-17-30(18-16-20)26(33)37-27(3,4)5/h10-13,20H,7-9,14-18H2,1-6H3,(H,28,29,32). The van der Waals surface area contributed by atoms with Crippen LogP contribution >= 0.6 is 11.3 Å². The van der Waals surface area contributed by atoms with Crippen LogP contribution < -0.4 is 14.4 Å². The average molecular weight is 581 g/mol. The zero-order valence-electron chi connectivity index (χ0n) is 23.7. The Morgan fingerprint density at radius 1 is 1.18 bits per heavy atom. The van der Waals surface area contributed by atoms with Crippen molar-refractivity contribution in [1.29, 1.82) is 0 Å². The fourth-order valence-electron chi connectivity index (χ4n) is 4.38. The lowest BCUT2D eigenvalue weighted by Gasteiger charge is -2.38. The van der Waals surface area contributed by atoms with Crippen LogP contribution in [0, 0.1) is 6.92 Å². The summed E-state index contributed by atoms with van der Waals surface area (Å²) in [6.07, 6.45) is 3.53. The quantitative estimate of drug-likeness (QED) is 0.365. The molecule has 0 unspecified atom stereocenters. The molecule has 10 nitrogen and oxygen atoms in total. The van der Waals surface area contributed by atoms with Gasteiger partial charge in [0.15, 0.2) is 5.13 Å². The summed E-state index contributed by atoms with van der Waals surface area (Å²) >= 11 is 1.14. The summed E-state index contributed by atoms with van der Waals surface area (Å²) in [5.74, 6) is 0.0915. The molecule has 3 rings (SSSR count). The molecule has 0 aliphatic carbocycles. The fourth-order valence-corrected chi connectivity index (χ4v) is 7.57. The van der Waals surface area contributed by atoms with E-state index in [1.54, 1.807) is 30.0 Å². The van der Waals surface area contributed by atoms with Crippen molar-refractivity contribution < 1.29 is 27.5 Å². The number of benzene rings is 1. The topological polar surface area (TPSA) is 118 Å². The molecule has 1 N–H and O–H groups in total. The van der Waals surface area contributed by atoms with Crippen LogP contribution in [0.5, 0.6) is 5.75 Å². The second-order valence-electron chi connectivity index (χ2n) is 10.6. The molecule has 0 atom stereocenters. The van der Waals surface area contributed by atoms with Gasteiger partial charge in [-0.25, -0.2) is 18.2 Å². The minimum Gasteiger partial charge on any atom is -0.495 e. The number of nitrogens with zero attached hydrogens (tertiary/aromatic N) is 3. The molecule has 0 saturated carbocycles. The SMILES string of the molecule is CCCCCC(=O)Nc1nc(C)c(N(C2CCN(C(=O)OC(C)(C)C)CC2)S(=O)(=O)c2ccccc2OC)s1. The molecule has 1 aliphatic heterocycles. The van der Waals surface area contributed by atoms with Crippen LogP contribution in [0.1, 0.15) is 71.9 Å². The Morgan fingerprint density at radius 2 is 1.85 bits per heavy atom. The number of carbonyl (C=O) groups excluding carboxylic acids is 2. The lowest BCUT2D eigenvalue weighted by Crippen LogP contribution is -2.49. The van der Waals surface area contributed by atoms with E-state index in [1.165, 1.54) is 17.5 Å². The zero-order valence-corrected chi connectivity index (χ0v) is 25.3. The molecule has 1 fully saturated rings. The number of piperidine rings is 1. The minimum absolute atomic E-state index is 0.0417. The van der Waals surface area contributed by atoms with E-state index in [-0.39, 0.29) is 16.6 Å². The summed E-state index contributed by atoms with van der Waals surface area (Å²) < 4.78 is 40.7. The number of anilines is 2. The van der Waals surface area contributed by atoms with Crippen molar-refractivity contribution in [3.8, 4) is 5.75 Å². The van der Waals surface area contributed by atoms with Crippen LogP contribution in [0.4, 0.5) is 14.9 Å². The molecule has 0 radical (unpaired) electrons. The van der Waals surface area contributed by atoms with Crippen LogP contribution in [0.2, 0.25) is 0 Å². The Bertz CT molecular complexity index is 1250. The number of thiazole rings is 1. The number of para-hydroxylation sites is 1. The summed E-state index contributed by atoms with van der Waals surface area (Å²) in [4.78, 5) is 31.2. The second kappa shape index (κ2) is 13.0. The summed E-state index contributed by atoms with van der Waals surface area (Å²) in [6.45, 7) is 9.93. The van der Waals surface area contributed by atoms with Crippen LogP contribution in [0.25, 0.3) is 0 Å². The molecule has 2 heterocycles. The first-order valence-corrected chi connectivity index (χ1v) is 15.6. The molecular weight excluding hydrogens is 540 g/mol. The highest BCUT2D eigenvalue weighted by Crippen LogP contribution is 2.40. The second-order valence-corrected chi connectivity index (χ2v) is 13.3. The molecule has 2 amide bonds. The van der Waals surface area contributed by atoms with Gasteiger partial charge >= 0.3 is 6.09 Å². The van der Waals surface area contributed by atoms with Crippen molar-refractivity contribution in [3.05, 3.63) is 30.0 Å². The average Bonchev–Trinajstić information content (AvgIpc) is 3.22. The van der Waals surface area contributed by atoms with Gasteiger partial charge < -0.3 is 19.7 Å². The Morgan fingerprint density at radius 3 is 2.46 bits per heavy atom. The van der Waals surface area contributed by atoms with Crippen LogP contribution in [-0.2, 0) is 19.6 Å². The molecule has 12 heteroatoms. The maximum atomic E-state index is 14.2. The summed E-state index contributed by atoms with van der Waals surface area (Å²) in [7, 11) is -2.65. The third-order valence-electron chi connectivity index (χ3n) is 6.28. The van der Waals surface area contributed by atoms with Gasteiger partial charge in [0.05, 0.1) is 12.8 Å². The number of aryl methyl sites for hydroxylation is 1. The van der Waals surface area contributed by atoms with Gasteiger partial charge in [-0.05, 0) is 59.1 Å². The van der Waals surface area contributed by atoms with Crippen LogP contribution in [-0.4, -0.2) is 62.1 Å². The van der Waals surface area contributed by atoms with Crippen molar-refractivity contribution in [2.75, 3.05) is 29.8 Å². The fraction of sp³-hybridized carbons (Fsp3) is 0.593. The van der Waals surface area contributed by atoms with Crippen molar-refractivity contribution in [2.24, 2.45) is 0 Å². The number of sulfonamides is 1. The van der Waals surface area contributed by atoms with Gasteiger partial charge in [-0.3, -0.25) is 9.10 Å². The van der Waals surface area contributed by atoms with Crippen molar-refractivity contribution >= 4 is 43.5 Å². The third-order valence-corrected chi connectivity index (χ3v) is 9.36. The first-order valence-electron chi connectivity index (χ1n) is 13.3.